The van der Waals surface area contributed by atoms with Crippen molar-refractivity contribution in [3.8, 4) is 0 Å². The Labute approximate surface area is 106 Å². The third kappa shape index (κ3) is 14.7. The van der Waals surface area contributed by atoms with Gasteiger partial charge in [0.2, 0.25) is 0 Å². The maximum atomic E-state index is 3.83. The van der Waals surface area contributed by atoms with Gasteiger partial charge < -0.3 is 0 Å². The normalized spacial score (nSPS) is 12.0. The molecule has 0 aliphatic heterocycles. The predicted octanol–water partition coefficient (Wildman–Crippen LogP) is 6.12. The molecule has 0 fully saturated rings. The molecule has 0 saturated heterocycles. The minimum absolute atomic E-state index is 0.931. The second-order valence-electron chi connectivity index (χ2n) is 5.30. The van der Waals surface area contributed by atoms with Gasteiger partial charge in [-0.3, -0.25) is 0 Å². The Morgan fingerprint density at radius 3 is 1.53 bits per heavy atom. The fraction of sp³-hybridized carbons (Fsp3) is 1.00. The van der Waals surface area contributed by atoms with E-state index in [1.54, 1.807) is 0 Å². The molecule has 15 heavy (non-hydrogen) atoms. The van der Waals surface area contributed by atoms with Gasteiger partial charge in [-0.05, 0) is 6.04 Å². The molecule has 0 bridgehead atoms. The van der Waals surface area contributed by atoms with Gasteiger partial charge in [0.15, 0.2) is 0 Å². The summed E-state index contributed by atoms with van der Waals surface area (Å²) in [5.41, 5.74) is 0. The van der Waals surface area contributed by atoms with Crippen LogP contribution in [0.5, 0.6) is 0 Å². The van der Waals surface area contributed by atoms with Crippen LogP contribution in [0.15, 0.2) is 0 Å². The SMILES string of the molecule is CCCCCCCCCCC[Si](C)(C)Br. The van der Waals surface area contributed by atoms with Gasteiger partial charge in [-0.25, -0.2) is 0 Å². The van der Waals surface area contributed by atoms with E-state index in [4.69, 9.17) is 0 Å². The molecule has 0 rings (SSSR count). The Morgan fingerprint density at radius 2 is 1.13 bits per heavy atom. The molecule has 0 aliphatic carbocycles. The van der Waals surface area contributed by atoms with Gasteiger partial charge in [0.25, 0.3) is 0 Å². The second-order valence-corrected chi connectivity index (χ2v) is 15.7. The molecule has 0 heterocycles. The first-order chi connectivity index (χ1) is 7.06. The quantitative estimate of drug-likeness (QED) is 0.259. The molecule has 0 unspecified atom stereocenters. The molecular formula is C13H29BrSi. The van der Waals surface area contributed by atoms with Crippen molar-refractivity contribution >= 4 is 22.0 Å². The number of unbranched alkanes of at least 4 members (excludes halogenated alkanes) is 8. The fourth-order valence-corrected chi connectivity index (χ4v) is 3.79. The van der Waals surface area contributed by atoms with Crippen LogP contribution in [0.4, 0.5) is 0 Å². The molecule has 0 aromatic rings. The molecule has 0 radical (unpaired) electrons. The molecule has 0 aliphatic rings. The van der Waals surface area contributed by atoms with Gasteiger partial charge in [-0.1, -0.05) is 77.8 Å². The lowest BCUT2D eigenvalue weighted by atomic mass is 10.1. The van der Waals surface area contributed by atoms with E-state index in [0.717, 1.165) is 0 Å². The zero-order valence-corrected chi connectivity index (χ0v) is 13.5. The summed E-state index contributed by atoms with van der Waals surface area (Å²) in [5.74, 6) is 0. The van der Waals surface area contributed by atoms with Crippen LogP contribution in [0.25, 0.3) is 0 Å². The summed E-state index contributed by atoms with van der Waals surface area (Å²) in [7, 11) is 0. The highest BCUT2D eigenvalue weighted by Crippen LogP contribution is 2.21. The third-order valence-electron chi connectivity index (χ3n) is 2.87. The van der Waals surface area contributed by atoms with E-state index in [9.17, 15) is 0 Å². The van der Waals surface area contributed by atoms with Crippen molar-refractivity contribution in [1.29, 1.82) is 0 Å². The van der Waals surface area contributed by atoms with Crippen molar-refractivity contribution in [3.05, 3.63) is 0 Å². The van der Waals surface area contributed by atoms with Gasteiger partial charge in [0, 0.05) is 0 Å². The van der Waals surface area contributed by atoms with E-state index in [-0.39, 0.29) is 0 Å². The number of hydrogen-bond donors (Lipinski definition) is 0. The first kappa shape index (κ1) is 15.7. The van der Waals surface area contributed by atoms with E-state index in [2.05, 4.69) is 35.3 Å². The van der Waals surface area contributed by atoms with Crippen LogP contribution >= 0.6 is 15.3 Å². The average molecular weight is 293 g/mol. The first-order valence-electron chi connectivity index (χ1n) is 6.75. The van der Waals surface area contributed by atoms with Gasteiger partial charge in [0.05, 0.1) is 0 Å². The molecule has 0 nitrogen and oxygen atoms in total. The van der Waals surface area contributed by atoms with Gasteiger partial charge in [-0.2, -0.15) is 0 Å². The Kier molecular flexibility index (Phi) is 10.3. The fourth-order valence-electron chi connectivity index (χ4n) is 1.86. The van der Waals surface area contributed by atoms with Crippen molar-refractivity contribution in [2.45, 2.75) is 83.8 Å². The van der Waals surface area contributed by atoms with Crippen molar-refractivity contribution < 1.29 is 0 Å². The minimum atomic E-state index is -0.931. The molecular weight excluding hydrogens is 264 g/mol. The summed E-state index contributed by atoms with van der Waals surface area (Å²) in [5, 5.41) is 0. The van der Waals surface area contributed by atoms with E-state index >= 15 is 0 Å². The molecule has 0 atom stereocenters. The maximum Gasteiger partial charge on any atom is 0.124 e. The number of rotatable bonds is 10. The van der Waals surface area contributed by atoms with Crippen molar-refractivity contribution in [3.63, 3.8) is 0 Å². The van der Waals surface area contributed by atoms with E-state index in [1.807, 2.05) is 0 Å². The molecule has 0 aromatic heterocycles. The largest absolute Gasteiger partial charge is 0.127 e. The Morgan fingerprint density at radius 1 is 0.733 bits per heavy atom. The van der Waals surface area contributed by atoms with Crippen molar-refractivity contribution in [2.75, 3.05) is 0 Å². The van der Waals surface area contributed by atoms with Crippen LogP contribution < -0.4 is 0 Å². The second kappa shape index (κ2) is 9.89. The summed E-state index contributed by atoms with van der Waals surface area (Å²) in [4.78, 5) is 0. The molecule has 0 aromatic carbocycles. The highest BCUT2D eigenvalue weighted by Gasteiger charge is 2.14. The minimum Gasteiger partial charge on any atom is -0.127 e. The molecule has 92 valence electrons. The molecule has 0 spiro atoms. The van der Waals surface area contributed by atoms with E-state index < -0.39 is 6.69 Å². The number of halogens is 1. The maximum absolute atomic E-state index is 3.83. The molecule has 2 heteroatoms. The number of hydrogen-bond acceptors (Lipinski definition) is 0. The summed E-state index contributed by atoms with van der Waals surface area (Å²) >= 11 is 3.83. The lowest BCUT2D eigenvalue weighted by molar-refractivity contribution is 0.571. The smallest absolute Gasteiger partial charge is 0.124 e. The Hall–Kier alpha value is 0.697. The zero-order valence-electron chi connectivity index (χ0n) is 10.9. The van der Waals surface area contributed by atoms with Crippen molar-refractivity contribution in [1.82, 2.24) is 0 Å². The van der Waals surface area contributed by atoms with Crippen LogP contribution in [0.3, 0.4) is 0 Å². The predicted molar refractivity (Wildman–Crippen MR) is 78.4 cm³/mol. The van der Waals surface area contributed by atoms with Crippen LogP contribution in [0.2, 0.25) is 19.1 Å². The van der Waals surface area contributed by atoms with Gasteiger partial charge in [-0.15, -0.1) is 15.3 Å². The van der Waals surface area contributed by atoms with E-state index in [0.29, 0.717) is 0 Å². The lowest BCUT2D eigenvalue weighted by Gasteiger charge is -2.12. The Bertz CT molecular complexity index is 129. The first-order valence-corrected chi connectivity index (χ1v) is 12.2. The topological polar surface area (TPSA) is 0 Å². The standard InChI is InChI=1S/C13H29BrSi/c1-4-5-6-7-8-9-10-11-12-13-15(2,3)14/h4-13H2,1-3H3. The Balaban J connectivity index is 2.99. The van der Waals surface area contributed by atoms with Crippen molar-refractivity contribution in [2.24, 2.45) is 0 Å². The molecule has 0 saturated carbocycles. The molecule has 0 N–H and O–H groups in total. The van der Waals surface area contributed by atoms with Crippen LogP contribution in [0, 0.1) is 0 Å². The zero-order chi connectivity index (χ0) is 11.6. The van der Waals surface area contributed by atoms with Crippen LogP contribution in [-0.4, -0.2) is 6.69 Å². The molecule has 0 amide bonds. The van der Waals surface area contributed by atoms with Crippen LogP contribution in [-0.2, 0) is 0 Å². The highest BCUT2D eigenvalue weighted by molar-refractivity contribution is 9.26. The van der Waals surface area contributed by atoms with E-state index in [1.165, 1.54) is 63.8 Å². The summed E-state index contributed by atoms with van der Waals surface area (Å²) in [6, 6.07) is 1.45. The van der Waals surface area contributed by atoms with Gasteiger partial charge in [0.1, 0.15) is 6.69 Å². The summed E-state index contributed by atoms with van der Waals surface area (Å²) < 4.78 is 0. The summed E-state index contributed by atoms with van der Waals surface area (Å²) in [6.07, 6.45) is 13.0. The lowest BCUT2D eigenvalue weighted by Crippen LogP contribution is -2.13. The van der Waals surface area contributed by atoms with Crippen LogP contribution in [0.1, 0.15) is 64.7 Å². The summed E-state index contributed by atoms with van der Waals surface area (Å²) in [6.45, 7) is 6.15. The van der Waals surface area contributed by atoms with Gasteiger partial charge >= 0.3 is 0 Å². The monoisotopic (exact) mass is 292 g/mol. The highest BCUT2D eigenvalue weighted by atomic mass is 79.9. The average Bonchev–Trinajstić information content (AvgIpc) is 2.14. The third-order valence-corrected chi connectivity index (χ3v) is 5.61.